The number of amides is 1. The molecule has 3 N–H and O–H groups in total. The average Bonchev–Trinajstić information content (AvgIpc) is 2.80. The molecule has 5 nitrogen and oxygen atoms in total. The van der Waals surface area contributed by atoms with Gasteiger partial charge in [-0.3, -0.25) is 9.59 Å². The maximum absolute atomic E-state index is 12.1. The van der Waals surface area contributed by atoms with Crippen molar-refractivity contribution in [2.75, 3.05) is 0 Å². The molecule has 1 aliphatic rings. The molecule has 1 fully saturated rings. The molecular formula is C14H17NO4. The fourth-order valence-corrected chi connectivity index (χ4v) is 2.51. The van der Waals surface area contributed by atoms with Crippen LogP contribution in [0.2, 0.25) is 0 Å². The summed E-state index contributed by atoms with van der Waals surface area (Å²) in [6.45, 7) is 1.83. The van der Waals surface area contributed by atoms with Gasteiger partial charge in [-0.05, 0) is 31.9 Å². The van der Waals surface area contributed by atoms with E-state index in [0.29, 0.717) is 12.8 Å². The fourth-order valence-electron chi connectivity index (χ4n) is 2.51. The summed E-state index contributed by atoms with van der Waals surface area (Å²) in [6.07, 6.45) is 2.04. The Morgan fingerprint density at radius 3 is 2.74 bits per heavy atom. The number of aromatic hydroxyl groups is 1. The highest BCUT2D eigenvalue weighted by molar-refractivity contribution is 5.97. The molecule has 1 saturated carbocycles. The molecule has 0 aliphatic heterocycles. The maximum atomic E-state index is 12.1. The molecule has 19 heavy (non-hydrogen) atoms. The number of carboxylic acids is 1. The van der Waals surface area contributed by atoms with Crippen molar-refractivity contribution in [3.63, 3.8) is 0 Å². The van der Waals surface area contributed by atoms with Gasteiger partial charge in [0.2, 0.25) is 0 Å². The maximum Gasteiger partial charge on any atom is 0.308 e. The van der Waals surface area contributed by atoms with Gasteiger partial charge in [-0.1, -0.05) is 18.1 Å². The van der Waals surface area contributed by atoms with E-state index in [-0.39, 0.29) is 17.4 Å². The first kappa shape index (κ1) is 13.4. The fraction of sp³-hybridized carbons (Fsp3) is 0.429. The number of hydrogen-bond acceptors (Lipinski definition) is 3. The van der Waals surface area contributed by atoms with Crippen LogP contribution in [0.1, 0.15) is 35.2 Å². The molecule has 0 aromatic heterocycles. The Balaban J connectivity index is 2.12. The largest absolute Gasteiger partial charge is 0.507 e. The van der Waals surface area contributed by atoms with E-state index in [1.165, 1.54) is 6.07 Å². The number of nitrogens with one attached hydrogen (secondary N) is 1. The Kier molecular flexibility index (Phi) is 3.74. The molecule has 0 bridgehead atoms. The second-order valence-corrected chi connectivity index (χ2v) is 4.98. The topological polar surface area (TPSA) is 86.6 Å². The molecular weight excluding hydrogens is 246 g/mol. The van der Waals surface area contributed by atoms with Crippen LogP contribution in [0.25, 0.3) is 0 Å². The van der Waals surface area contributed by atoms with Crippen molar-refractivity contribution < 1.29 is 19.8 Å². The summed E-state index contributed by atoms with van der Waals surface area (Å²) in [5, 5.41) is 21.5. The standard InChI is InChI=1S/C14H17NO4/c1-8-5-6-12(16)10(7-8)13(17)15-11-4-2-3-9(11)14(18)19/h5-7,9,11,16H,2-4H2,1H3,(H,15,17)(H,18,19). The molecule has 2 rings (SSSR count). The van der Waals surface area contributed by atoms with Gasteiger partial charge in [-0.25, -0.2) is 0 Å². The lowest BCUT2D eigenvalue weighted by molar-refractivity contribution is -0.142. The van der Waals surface area contributed by atoms with Gasteiger partial charge in [0.25, 0.3) is 5.91 Å². The molecule has 0 spiro atoms. The highest BCUT2D eigenvalue weighted by Gasteiger charge is 2.34. The predicted molar refractivity (Wildman–Crippen MR) is 69.1 cm³/mol. The Morgan fingerprint density at radius 2 is 2.05 bits per heavy atom. The molecule has 1 aromatic carbocycles. The minimum absolute atomic E-state index is 0.0898. The number of carbonyl (C=O) groups is 2. The van der Waals surface area contributed by atoms with Gasteiger partial charge in [-0.2, -0.15) is 0 Å². The van der Waals surface area contributed by atoms with Crippen LogP contribution < -0.4 is 5.32 Å². The average molecular weight is 263 g/mol. The van der Waals surface area contributed by atoms with Crippen LogP contribution in [0.3, 0.4) is 0 Å². The van der Waals surface area contributed by atoms with Crippen LogP contribution in [0, 0.1) is 12.8 Å². The van der Waals surface area contributed by atoms with E-state index in [9.17, 15) is 14.7 Å². The third-order valence-electron chi connectivity index (χ3n) is 3.55. The van der Waals surface area contributed by atoms with Crippen molar-refractivity contribution in [1.29, 1.82) is 0 Å². The SMILES string of the molecule is Cc1ccc(O)c(C(=O)NC2CCCC2C(=O)O)c1. The van der Waals surface area contributed by atoms with Gasteiger partial charge in [-0.15, -0.1) is 0 Å². The van der Waals surface area contributed by atoms with Gasteiger partial charge >= 0.3 is 5.97 Å². The molecule has 0 saturated heterocycles. The van der Waals surface area contributed by atoms with E-state index in [0.717, 1.165) is 12.0 Å². The summed E-state index contributed by atoms with van der Waals surface area (Å²) in [7, 11) is 0. The normalized spacial score (nSPS) is 22.2. The second kappa shape index (κ2) is 5.30. The zero-order chi connectivity index (χ0) is 14.0. The van der Waals surface area contributed by atoms with E-state index >= 15 is 0 Å². The molecule has 2 unspecified atom stereocenters. The zero-order valence-corrected chi connectivity index (χ0v) is 10.7. The molecule has 0 radical (unpaired) electrons. The molecule has 2 atom stereocenters. The zero-order valence-electron chi connectivity index (χ0n) is 10.7. The van der Waals surface area contributed by atoms with E-state index in [2.05, 4.69) is 5.32 Å². The van der Waals surface area contributed by atoms with E-state index in [1.54, 1.807) is 12.1 Å². The van der Waals surface area contributed by atoms with Crippen molar-refractivity contribution in [2.24, 2.45) is 5.92 Å². The van der Waals surface area contributed by atoms with Crippen LogP contribution in [-0.2, 0) is 4.79 Å². The van der Waals surface area contributed by atoms with E-state index in [4.69, 9.17) is 5.11 Å². The lowest BCUT2D eigenvalue weighted by atomic mass is 10.0. The molecule has 102 valence electrons. The van der Waals surface area contributed by atoms with E-state index in [1.807, 2.05) is 6.92 Å². The Hall–Kier alpha value is -2.04. The lowest BCUT2D eigenvalue weighted by Gasteiger charge is -2.18. The molecule has 1 amide bonds. The first-order valence-electron chi connectivity index (χ1n) is 6.32. The monoisotopic (exact) mass is 263 g/mol. The van der Waals surface area contributed by atoms with Crippen molar-refractivity contribution >= 4 is 11.9 Å². The van der Waals surface area contributed by atoms with E-state index < -0.39 is 17.8 Å². The molecule has 5 heteroatoms. The molecule has 0 heterocycles. The number of aliphatic carboxylic acids is 1. The van der Waals surface area contributed by atoms with Gasteiger partial charge in [0.15, 0.2) is 0 Å². The number of aryl methyl sites for hydroxylation is 1. The Morgan fingerprint density at radius 1 is 1.32 bits per heavy atom. The highest BCUT2D eigenvalue weighted by Crippen LogP contribution is 2.27. The summed E-state index contributed by atoms with van der Waals surface area (Å²) in [5.74, 6) is -1.92. The summed E-state index contributed by atoms with van der Waals surface area (Å²) >= 11 is 0. The summed E-state index contributed by atoms with van der Waals surface area (Å²) in [4.78, 5) is 23.1. The van der Waals surface area contributed by atoms with Crippen LogP contribution >= 0.6 is 0 Å². The third-order valence-corrected chi connectivity index (χ3v) is 3.55. The Bertz CT molecular complexity index is 512. The van der Waals surface area contributed by atoms with Gasteiger partial charge in [0.1, 0.15) is 5.75 Å². The summed E-state index contributed by atoms with van der Waals surface area (Å²) < 4.78 is 0. The Labute approximate surface area is 111 Å². The number of benzene rings is 1. The minimum atomic E-state index is -0.878. The van der Waals surface area contributed by atoms with Gasteiger partial charge < -0.3 is 15.5 Å². The lowest BCUT2D eigenvalue weighted by Crippen LogP contribution is -2.40. The number of phenols is 1. The number of phenolic OH excluding ortho intramolecular Hbond substituents is 1. The van der Waals surface area contributed by atoms with Crippen molar-refractivity contribution in [3.8, 4) is 5.75 Å². The first-order chi connectivity index (χ1) is 8.99. The summed E-state index contributed by atoms with van der Waals surface area (Å²) in [5.41, 5.74) is 1.06. The van der Waals surface area contributed by atoms with Crippen LogP contribution in [0.15, 0.2) is 18.2 Å². The van der Waals surface area contributed by atoms with Crippen LogP contribution in [-0.4, -0.2) is 28.1 Å². The third kappa shape index (κ3) is 2.86. The molecule has 1 aliphatic carbocycles. The number of rotatable bonds is 3. The highest BCUT2D eigenvalue weighted by atomic mass is 16.4. The number of carboxylic acid groups (broad SMARTS) is 1. The van der Waals surface area contributed by atoms with Crippen molar-refractivity contribution in [2.45, 2.75) is 32.2 Å². The first-order valence-corrected chi connectivity index (χ1v) is 6.32. The quantitative estimate of drug-likeness (QED) is 0.774. The van der Waals surface area contributed by atoms with Gasteiger partial charge in [0.05, 0.1) is 11.5 Å². The smallest absolute Gasteiger partial charge is 0.308 e. The van der Waals surface area contributed by atoms with Gasteiger partial charge in [0, 0.05) is 6.04 Å². The summed E-state index contributed by atoms with van der Waals surface area (Å²) in [6, 6.07) is 4.41. The minimum Gasteiger partial charge on any atom is -0.507 e. The number of carbonyl (C=O) groups excluding carboxylic acids is 1. The number of hydrogen-bond donors (Lipinski definition) is 3. The van der Waals surface area contributed by atoms with Crippen LogP contribution in [0.4, 0.5) is 0 Å². The molecule has 1 aromatic rings. The predicted octanol–water partition coefficient (Wildman–Crippen LogP) is 1.68. The van der Waals surface area contributed by atoms with Crippen molar-refractivity contribution in [1.82, 2.24) is 5.32 Å². The van der Waals surface area contributed by atoms with Crippen LogP contribution in [0.5, 0.6) is 5.75 Å². The second-order valence-electron chi connectivity index (χ2n) is 4.98. The van der Waals surface area contributed by atoms with Crippen molar-refractivity contribution in [3.05, 3.63) is 29.3 Å².